The first-order valence-electron chi connectivity index (χ1n) is 20.0. The fraction of sp³-hybridized carbons (Fsp3) is 0.0714. The van der Waals surface area contributed by atoms with Crippen LogP contribution >= 0.6 is 0 Å². The van der Waals surface area contributed by atoms with Gasteiger partial charge in [-0.1, -0.05) is 176 Å². The van der Waals surface area contributed by atoms with Gasteiger partial charge < -0.3 is 4.90 Å². The maximum atomic E-state index is 2.48. The Labute approximate surface area is 335 Å². The highest BCUT2D eigenvalue weighted by molar-refractivity contribution is 5.98. The van der Waals surface area contributed by atoms with E-state index in [0.717, 1.165) is 17.1 Å². The predicted octanol–water partition coefficient (Wildman–Crippen LogP) is 14.6. The maximum Gasteiger partial charge on any atom is 0.0467 e. The van der Waals surface area contributed by atoms with Crippen molar-refractivity contribution in [2.45, 2.75) is 24.7 Å². The summed E-state index contributed by atoms with van der Waals surface area (Å²) in [5.74, 6) is 0. The van der Waals surface area contributed by atoms with Crippen LogP contribution in [0, 0.1) is 0 Å². The number of benzene rings is 9. The molecule has 2 aliphatic carbocycles. The highest BCUT2D eigenvalue weighted by atomic mass is 15.1. The molecule has 0 amide bonds. The molecule has 57 heavy (non-hydrogen) atoms. The Hall–Kier alpha value is -6.96. The highest BCUT2D eigenvalue weighted by Gasteiger charge is 2.43. The van der Waals surface area contributed by atoms with Crippen LogP contribution in [0.4, 0.5) is 17.1 Å². The van der Waals surface area contributed by atoms with Crippen molar-refractivity contribution in [3.8, 4) is 33.4 Å². The van der Waals surface area contributed by atoms with E-state index >= 15 is 0 Å². The van der Waals surface area contributed by atoms with Crippen LogP contribution in [0.25, 0.3) is 44.2 Å². The van der Waals surface area contributed by atoms with E-state index in [4.69, 9.17) is 0 Å². The van der Waals surface area contributed by atoms with Crippen LogP contribution in [0.15, 0.2) is 212 Å². The number of anilines is 3. The summed E-state index contributed by atoms with van der Waals surface area (Å²) >= 11 is 0. The predicted molar refractivity (Wildman–Crippen MR) is 239 cm³/mol. The quantitative estimate of drug-likeness (QED) is 0.165. The zero-order valence-electron chi connectivity index (χ0n) is 32.2. The van der Waals surface area contributed by atoms with E-state index in [9.17, 15) is 0 Å². The molecule has 1 nitrogen and oxygen atoms in total. The monoisotopic (exact) mass is 727 g/mol. The van der Waals surface area contributed by atoms with Gasteiger partial charge >= 0.3 is 0 Å². The molecule has 9 aromatic rings. The molecular formula is C56H41N. The Morgan fingerprint density at radius 2 is 0.754 bits per heavy atom. The molecule has 2 atom stereocenters. The number of fused-ring (bicyclic) bond motifs is 7. The van der Waals surface area contributed by atoms with Crippen molar-refractivity contribution in [2.24, 2.45) is 0 Å². The smallest absolute Gasteiger partial charge is 0.0467 e. The average Bonchev–Trinajstić information content (AvgIpc) is 3.70. The number of hydrogen-bond donors (Lipinski definition) is 0. The summed E-state index contributed by atoms with van der Waals surface area (Å²) in [4.78, 5) is 2.48. The first-order chi connectivity index (χ1) is 28.0. The van der Waals surface area contributed by atoms with E-state index < -0.39 is 0 Å². The van der Waals surface area contributed by atoms with E-state index in [1.807, 2.05) is 0 Å². The van der Waals surface area contributed by atoms with Gasteiger partial charge in [-0.3, -0.25) is 0 Å². The lowest BCUT2D eigenvalue weighted by Gasteiger charge is -2.32. The van der Waals surface area contributed by atoms with Gasteiger partial charge in [0.15, 0.2) is 0 Å². The molecule has 0 aliphatic heterocycles. The summed E-state index contributed by atoms with van der Waals surface area (Å²) in [5.41, 5.74) is 18.3. The highest BCUT2D eigenvalue weighted by Crippen LogP contribution is 2.56. The zero-order chi connectivity index (χ0) is 38.1. The van der Waals surface area contributed by atoms with Gasteiger partial charge in [0.25, 0.3) is 0 Å². The normalized spacial score (nSPS) is 17.4. The molecule has 0 bridgehead atoms. The van der Waals surface area contributed by atoms with Gasteiger partial charge in [0.1, 0.15) is 0 Å². The van der Waals surface area contributed by atoms with E-state index in [-0.39, 0.29) is 10.8 Å². The van der Waals surface area contributed by atoms with Gasteiger partial charge in [0.05, 0.1) is 0 Å². The number of rotatable bonds is 6. The van der Waals surface area contributed by atoms with Crippen LogP contribution in [0.1, 0.15) is 47.2 Å². The molecule has 270 valence electrons. The number of hydrogen-bond acceptors (Lipinski definition) is 1. The summed E-state index contributed by atoms with van der Waals surface area (Å²) < 4.78 is 0. The second-order valence-corrected chi connectivity index (χ2v) is 15.9. The molecule has 2 aliphatic rings. The fourth-order valence-electron chi connectivity index (χ4n) is 10.1. The summed E-state index contributed by atoms with van der Waals surface area (Å²) in [7, 11) is 0. The number of nitrogens with zero attached hydrogens (tertiary/aromatic N) is 1. The topological polar surface area (TPSA) is 3.24 Å². The van der Waals surface area contributed by atoms with Gasteiger partial charge in [0, 0.05) is 27.9 Å². The van der Waals surface area contributed by atoms with Crippen LogP contribution in [0.2, 0.25) is 0 Å². The Bertz CT molecular complexity index is 2850. The van der Waals surface area contributed by atoms with Crippen molar-refractivity contribution < 1.29 is 0 Å². The van der Waals surface area contributed by atoms with Gasteiger partial charge in [-0.2, -0.15) is 0 Å². The largest absolute Gasteiger partial charge is 0.310 e. The minimum Gasteiger partial charge on any atom is -0.310 e. The van der Waals surface area contributed by atoms with Gasteiger partial charge in [-0.15, -0.1) is 0 Å². The van der Waals surface area contributed by atoms with E-state index in [1.54, 1.807) is 0 Å². The second kappa shape index (κ2) is 12.8. The van der Waals surface area contributed by atoms with Crippen LogP contribution in [0.3, 0.4) is 0 Å². The summed E-state index contributed by atoms with van der Waals surface area (Å²) in [6.07, 6.45) is 0. The molecule has 0 fully saturated rings. The lowest BCUT2D eigenvalue weighted by molar-refractivity contribution is 0.713. The Morgan fingerprint density at radius 1 is 0.316 bits per heavy atom. The van der Waals surface area contributed by atoms with Crippen molar-refractivity contribution in [3.05, 3.63) is 246 Å². The van der Waals surface area contributed by atoms with E-state index in [1.165, 1.54) is 77.5 Å². The van der Waals surface area contributed by atoms with Crippen LogP contribution < -0.4 is 4.90 Å². The molecule has 0 radical (unpaired) electrons. The molecule has 0 saturated carbocycles. The van der Waals surface area contributed by atoms with Crippen LogP contribution in [0.5, 0.6) is 0 Å². The third-order valence-corrected chi connectivity index (χ3v) is 13.0. The fourth-order valence-corrected chi connectivity index (χ4v) is 10.1. The summed E-state index contributed by atoms with van der Waals surface area (Å²) in [5, 5.41) is 2.50. The Balaban J connectivity index is 1.15. The maximum absolute atomic E-state index is 2.48. The van der Waals surface area contributed by atoms with Crippen molar-refractivity contribution in [2.75, 3.05) is 4.90 Å². The standard InChI is InChI=1S/C56H41N/c1-55(40-20-5-3-6-21-40)51-29-13-11-26-47(51)49-33-31-43(36-53(49)55)57(42-24-15-19-39(35-42)46-28-16-18-38-17-9-10-25-45(38)46)44-32-34-50-48-27-12-14-30-52(48)56(2,54(50)37-44)41-22-7-4-8-23-41/h3-37H,1-2H3. The summed E-state index contributed by atoms with van der Waals surface area (Å²) in [6.45, 7) is 4.81. The van der Waals surface area contributed by atoms with E-state index in [0.29, 0.717) is 0 Å². The minimum atomic E-state index is -0.314. The van der Waals surface area contributed by atoms with Crippen molar-refractivity contribution >= 4 is 27.8 Å². The molecule has 9 aromatic carbocycles. The Morgan fingerprint density at radius 3 is 1.35 bits per heavy atom. The molecule has 0 N–H and O–H groups in total. The van der Waals surface area contributed by atoms with Crippen molar-refractivity contribution in [1.29, 1.82) is 0 Å². The molecule has 2 unspecified atom stereocenters. The second-order valence-electron chi connectivity index (χ2n) is 15.9. The first-order valence-corrected chi connectivity index (χ1v) is 20.0. The third-order valence-electron chi connectivity index (χ3n) is 13.0. The molecule has 0 spiro atoms. The molecule has 11 rings (SSSR count). The first kappa shape index (κ1) is 33.4. The van der Waals surface area contributed by atoms with Crippen LogP contribution in [-0.2, 0) is 10.8 Å². The minimum absolute atomic E-state index is 0.314. The van der Waals surface area contributed by atoms with Crippen molar-refractivity contribution in [3.63, 3.8) is 0 Å². The summed E-state index contributed by atoms with van der Waals surface area (Å²) in [6, 6.07) is 78.7. The zero-order valence-corrected chi connectivity index (χ0v) is 32.2. The molecule has 1 heteroatoms. The Kier molecular flexibility index (Phi) is 7.50. The van der Waals surface area contributed by atoms with Crippen LogP contribution in [-0.4, -0.2) is 0 Å². The third kappa shape index (κ3) is 4.95. The molecular weight excluding hydrogens is 687 g/mol. The average molecular weight is 728 g/mol. The van der Waals surface area contributed by atoms with Crippen molar-refractivity contribution in [1.82, 2.24) is 0 Å². The molecule has 0 heterocycles. The lowest BCUT2D eigenvalue weighted by Crippen LogP contribution is -2.23. The lowest BCUT2D eigenvalue weighted by atomic mass is 9.74. The van der Waals surface area contributed by atoms with Gasteiger partial charge in [-0.05, 0) is 128 Å². The SMILES string of the molecule is CC1(c2ccccc2)c2ccccc2-c2ccc(N(c3cccc(-c4cccc5ccccc45)c3)c3ccc4c(c3)C(C)(c3ccccc3)c3ccccc3-4)cc21. The molecule has 0 aromatic heterocycles. The van der Waals surface area contributed by atoms with E-state index in [2.05, 4.69) is 231 Å². The molecule has 0 saturated heterocycles. The van der Waals surface area contributed by atoms with Gasteiger partial charge in [-0.25, -0.2) is 0 Å². The van der Waals surface area contributed by atoms with Gasteiger partial charge in [0.2, 0.25) is 0 Å².